The second kappa shape index (κ2) is 5.37. The first-order valence-corrected chi connectivity index (χ1v) is 6.80. The van der Waals surface area contributed by atoms with E-state index in [4.69, 9.17) is 0 Å². The summed E-state index contributed by atoms with van der Waals surface area (Å²) in [5, 5.41) is 7.99. The van der Waals surface area contributed by atoms with Crippen molar-refractivity contribution in [3.8, 4) is 11.3 Å². The quantitative estimate of drug-likeness (QED) is 0.930. The van der Waals surface area contributed by atoms with Gasteiger partial charge in [0.2, 0.25) is 0 Å². The SMILES string of the molecule is Cc1cc(F)ccc1-c1nn(C)cc1CNC(C)(C)C. The van der Waals surface area contributed by atoms with Crippen LogP contribution in [0.5, 0.6) is 0 Å². The van der Waals surface area contributed by atoms with E-state index in [-0.39, 0.29) is 11.4 Å². The second-order valence-electron chi connectivity index (χ2n) is 6.24. The first kappa shape index (κ1) is 14.7. The molecular formula is C16H22FN3. The minimum absolute atomic E-state index is 0.0466. The van der Waals surface area contributed by atoms with Gasteiger partial charge in [0.1, 0.15) is 5.82 Å². The van der Waals surface area contributed by atoms with Crippen molar-refractivity contribution in [2.45, 2.75) is 39.8 Å². The highest BCUT2D eigenvalue weighted by molar-refractivity contribution is 5.66. The van der Waals surface area contributed by atoms with Crippen molar-refractivity contribution in [1.29, 1.82) is 0 Å². The molecule has 0 radical (unpaired) electrons. The zero-order valence-corrected chi connectivity index (χ0v) is 12.8. The largest absolute Gasteiger partial charge is 0.308 e. The Kier molecular flexibility index (Phi) is 3.95. The van der Waals surface area contributed by atoms with E-state index in [0.29, 0.717) is 0 Å². The zero-order chi connectivity index (χ0) is 14.9. The van der Waals surface area contributed by atoms with Crippen LogP contribution in [0.1, 0.15) is 31.9 Å². The van der Waals surface area contributed by atoms with Gasteiger partial charge < -0.3 is 5.32 Å². The summed E-state index contributed by atoms with van der Waals surface area (Å²) in [4.78, 5) is 0. The third kappa shape index (κ3) is 3.45. The van der Waals surface area contributed by atoms with Gasteiger partial charge in [-0.1, -0.05) is 0 Å². The van der Waals surface area contributed by atoms with Gasteiger partial charge in [-0.3, -0.25) is 4.68 Å². The highest BCUT2D eigenvalue weighted by Crippen LogP contribution is 2.26. The first-order chi connectivity index (χ1) is 9.26. The van der Waals surface area contributed by atoms with Crippen LogP contribution in [0.25, 0.3) is 11.3 Å². The fourth-order valence-corrected chi connectivity index (χ4v) is 2.15. The summed E-state index contributed by atoms with van der Waals surface area (Å²) in [6, 6.07) is 4.83. The van der Waals surface area contributed by atoms with Crippen molar-refractivity contribution >= 4 is 0 Å². The van der Waals surface area contributed by atoms with E-state index in [0.717, 1.165) is 28.9 Å². The predicted octanol–water partition coefficient (Wildman–Crippen LogP) is 3.42. The van der Waals surface area contributed by atoms with Gasteiger partial charge in [-0.05, 0) is 51.5 Å². The number of aromatic nitrogens is 2. The summed E-state index contributed by atoms with van der Waals surface area (Å²) in [7, 11) is 1.91. The zero-order valence-electron chi connectivity index (χ0n) is 12.8. The van der Waals surface area contributed by atoms with Crippen LogP contribution in [0, 0.1) is 12.7 Å². The van der Waals surface area contributed by atoms with E-state index in [1.54, 1.807) is 16.8 Å². The van der Waals surface area contributed by atoms with Crippen LogP contribution in [-0.2, 0) is 13.6 Å². The van der Waals surface area contributed by atoms with Crippen LogP contribution >= 0.6 is 0 Å². The normalized spacial score (nSPS) is 11.9. The number of nitrogens with zero attached hydrogens (tertiary/aromatic N) is 2. The lowest BCUT2D eigenvalue weighted by atomic mass is 10.0. The van der Waals surface area contributed by atoms with Crippen molar-refractivity contribution < 1.29 is 4.39 Å². The smallest absolute Gasteiger partial charge is 0.123 e. The summed E-state index contributed by atoms with van der Waals surface area (Å²) in [5.41, 5.74) is 3.97. The fourth-order valence-electron chi connectivity index (χ4n) is 2.15. The Hall–Kier alpha value is -1.68. The van der Waals surface area contributed by atoms with Crippen molar-refractivity contribution in [2.24, 2.45) is 7.05 Å². The lowest BCUT2D eigenvalue weighted by Crippen LogP contribution is -2.35. The van der Waals surface area contributed by atoms with Gasteiger partial charge in [-0.25, -0.2) is 4.39 Å². The molecule has 0 aliphatic carbocycles. The predicted molar refractivity (Wildman–Crippen MR) is 79.9 cm³/mol. The number of nitrogens with one attached hydrogen (secondary N) is 1. The Balaban J connectivity index is 2.36. The number of halogens is 1. The van der Waals surface area contributed by atoms with Gasteiger partial charge in [0.25, 0.3) is 0 Å². The molecule has 0 aliphatic heterocycles. The van der Waals surface area contributed by atoms with Crippen LogP contribution in [0.3, 0.4) is 0 Å². The van der Waals surface area contributed by atoms with Crippen LogP contribution in [-0.4, -0.2) is 15.3 Å². The monoisotopic (exact) mass is 275 g/mol. The third-order valence-corrected chi connectivity index (χ3v) is 3.16. The maximum atomic E-state index is 13.2. The molecule has 0 amide bonds. The highest BCUT2D eigenvalue weighted by Gasteiger charge is 2.15. The second-order valence-corrected chi connectivity index (χ2v) is 6.24. The average molecular weight is 275 g/mol. The van der Waals surface area contributed by atoms with E-state index in [2.05, 4.69) is 31.2 Å². The fraction of sp³-hybridized carbons (Fsp3) is 0.438. The summed E-state index contributed by atoms with van der Waals surface area (Å²) >= 11 is 0. The summed E-state index contributed by atoms with van der Waals surface area (Å²) in [5.74, 6) is -0.212. The molecule has 108 valence electrons. The Morgan fingerprint density at radius 2 is 2.00 bits per heavy atom. The van der Waals surface area contributed by atoms with Gasteiger partial charge in [-0.15, -0.1) is 0 Å². The molecule has 1 heterocycles. The van der Waals surface area contributed by atoms with Crippen molar-refractivity contribution in [2.75, 3.05) is 0 Å². The molecule has 4 heteroatoms. The summed E-state index contributed by atoms with van der Waals surface area (Å²) in [6.07, 6.45) is 2.01. The summed E-state index contributed by atoms with van der Waals surface area (Å²) < 4.78 is 15.0. The Labute approximate surface area is 119 Å². The number of benzene rings is 1. The van der Waals surface area contributed by atoms with Crippen LogP contribution < -0.4 is 5.32 Å². The Morgan fingerprint density at radius 1 is 1.30 bits per heavy atom. The van der Waals surface area contributed by atoms with Gasteiger partial charge >= 0.3 is 0 Å². The van der Waals surface area contributed by atoms with E-state index in [1.807, 2.05) is 20.2 Å². The van der Waals surface area contributed by atoms with Gasteiger partial charge in [0.05, 0.1) is 5.69 Å². The van der Waals surface area contributed by atoms with Crippen LogP contribution in [0.4, 0.5) is 4.39 Å². The lowest BCUT2D eigenvalue weighted by molar-refractivity contribution is 0.424. The van der Waals surface area contributed by atoms with E-state index >= 15 is 0 Å². The average Bonchev–Trinajstić information content (AvgIpc) is 2.67. The number of hydrogen-bond acceptors (Lipinski definition) is 2. The highest BCUT2D eigenvalue weighted by atomic mass is 19.1. The maximum absolute atomic E-state index is 13.2. The molecule has 1 N–H and O–H groups in total. The standard InChI is InChI=1S/C16H22FN3/c1-11-8-13(17)6-7-14(11)15-12(10-20(5)19-15)9-18-16(2,3)4/h6-8,10,18H,9H2,1-5H3. The van der Waals surface area contributed by atoms with Gasteiger partial charge in [0.15, 0.2) is 0 Å². The van der Waals surface area contributed by atoms with Gasteiger partial charge in [0, 0.05) is 36.5 Å². The number of hydrogen-bond donors (Lipinski definition) is 1. The molecule has 0 unspecified atom stereocenters. The topological polar surface area (TPSA) is 29.9 Å². The molecule has 0 atom stereocenters. The van der Waals surface area contributed by atoms with E-state index in [9.17, 15) is 4.39 Å². The molecule has 0 saturated heterocycles. The molecule has 2 rings (SSSR count). The molecule has 1 aromatic heterocycles. The van der Waals surface area contributed by atoms with Crippen molar-refractivity contribution in [3.05, 3.63) is 41.3 Å². The van der Waals surface area contributed by atoms with Crippen LogP contribution in [0.15, 0.2) is 24.4 Å². The van der Waals surface area contributed by atoms with E-state index < -0.39 is 0 Å². The molecule has 1 aromatic carbocycles. The Morgan fingerprint density at radius 3 is 2.60 bits per heavy atom. The number of aryl methyl sites for hydroxylation is 2. The molecular weight excluding hydrogens is 253 g/mol. The molecule has 2 aromatic rings. The molecule has 0 bridgehead atoms. The molecule has 3 nitrogen and oxygen atoms in total. The third-order valence-electron chi connectivity index (χ3n) is 3.16. The first-order valence-electron chi connectivity index (χ1n) is 6.80. The van der Waals surface area contributed by atoms with Crippen molar-refractivity contribution in [3.63, 3.8) is 0 Å². The Bertz CT molecular complexity index is 609. The van der Waals surface area contributed by atoms with Gasteiger partial charge in [-0.2, -0.15) is 5.10 Å². The molecule has 0 spiro atoms. The van der Waals surface area contributed by atoms with Crippen molar-refractivity contribution in [1.82, 2.24) is 15.1 Å². The van der Waals surface area contributed by atoms with Crippen LogP contribution in [0.2, 0.25) is 0 Å². The molecule has 20 heavy (non-hydrogen) atoms. The molecule has 0 aliphatic rings. The summed E-state index contributed by atoms with van der Waals surface area (Å²) in [6.45, 7) is 9.04. The minimum atomic E-state index is -0.212. The lowest BCUT2D eigenvalue weighted by Gasteiger charge is -2.20. The number of rotatable bonds is 3. The maximum Gasteiger partial charge on any atom is 0.123 e. The minimum Gasteiger partial charge on any atom is -0.308 e. The molecule has 0 saturated carbocycles. The van der Waals surface area contributed by atoms with E-state index in [1.165, 1.54) is 6.07 Å². The molecule has 0 fully saturated rings.